The molecule has 0 atom stereocenters. The van der Waals surface area contributed by atoms with E-state index >= 15 is 0 Å². The van der Waals surface area contributed by atoms with E-state index in [9.17, 15) is 9.18 Å². The molecule has 0 unspecified atom stereocenters. The third-order valence-corrected chi connectivity index (χ3v) is 5.53. The largest absolute Gasteiger partial charge is 0.369 e. The number of aliphatic imine (C=N–C) groups is 1. The Morgan fingerprint density at radius 1 is 0.886 bits per heavy atom. The van der Waals surface area contributed by atoms with Crippen LogP contribution >= 0.6 is 0 Å². The van der Waals surface area contributed by atoms with Crippen LogP contribution in [0.4, 0.5) is 15.8 Å². The minimum Gasteiger partial charge on any atom is -0.369 e. The molecule has 1 aliphatic heterocycles. The summed E-state index contributed by atoms with van der Waals surface area (Å²) in [5, 5.41) is 17.8. The number of nitriles is 2. The predicted octanol–water partition coefficient (Wildman–Crippen LogP) is 5.29. The summed E-state index contributed by atoms with van der Waals surface area (Å²) < 4.78 is 13.5. The number of anilines is 2. The molecule has 35 heavy (non-hydrogen) atoms. The topological polar surface area (TPSA) is 83.5 Å². The standard InChI is InChI=1S/C28H22FN5O/c29-23-10-14-25(15-11-23)34-27(22-6-2-1-3-7-22)32-26(28(34)35)20-21-8-12-24(13-9-21)33(18-4-16-30)19-5-17-31/h1-3,6-15,20H,4-5,18-19H2/b26-20-. The Morgan fingerprint density at radius 2 is 1.51 bits per heavy atom. The lowest BCUT2D eigenvalue weighted by Gasteiger charge is -2.22. The van der Waals surface area contributed by atoms with Gasteiger partial charge in [-0.2, -0.15) is 10.5 Å². The molecular weight excluding hydrogens is 441 g/mol. The number of amidine groups is 1. The van der Waals surface area contributed by atoms with Gasteiger partial charge < -0.3 is 4.90 Å². The van der Waals surface area contributed by atoms with Crippen molar-refractivity contribution in [1.82, 2.24) is 0 Å². The average molecular weight is 464 g/mol. The van der Waals surface area contributed by atoms with Gasteiger partial charge in [0, 0.05) is 24.3 Å². The number of halogens is 1. The summed E-state index contributed by atoms with van der Waals surface area (Å²) >= 11 is 0. The third-order valence-electron chi connectivity index (χ3n) is 5.53. The molecule has 0 fully saturated rings. The molecule has 0 aromatic heterocycles. The van der Waals surface area contributed by atoms with Crippen LogP contribution in [0, 0.1) is 28.5 Å². The number of hydrogen-bond acceptors (Lipinski definition) is 5. The van der Waals surface area contributed by atoms with Gasteiger partial charge in [0.2, 0.25) is 0 Å². The Bertz CT molecular complexity index is 1320. The zero-order valence-electron chi connectivity index (χ0n) is 18.9. The fourth-order valence-corrected chi connectivity index (χ4v) is 3.81. The van der Waals surface area contributed by atoms with Gasteiger partial charge in [-0.05, 0) is 48.0 Å². The second-order valence-corrected chi connectivity index (χ2v) is 7.84. The molecule has 3 aromatic rings. The van der Waals surface area contributed by atoms with Crippen molar-refractivity contribution in [1.29, 1.82) is 10.5 Å². The molecule has 3 aromatic carbocycles. The maximum atomic E-state index is 13.5. The first kappa shape index (κ1) is 23.4. The number of nitrogens with zero attached hydrogens (tertiary/aromatic N) is 5. The van der Waals surface area contributed by atoms with Crippen LogP contribution in [0.15, 0.2) is 89.6 Å². The first-order valence-corrected chi connectivity index (χ1v) is 11.2. The van der Waals surface area contributed by atoms with E-state index < -0.39 is 0 Å². The summed E-state index contributed by atoms with van der Waals surface area (Å²) in [6, 6.07) is 26.9. The lowest BCUT2D eigenvalue weighted by molar-refractivity contribution is -0.113. The molecule has 0 bridgehead atoms. The van der Waals surface area contributed by atoms with Gasteiger partial charge in [-0.25, -0.2) is 9.38 Å². The normalized spacial score (nSPS) is 13.9. The van der Waals surface area contributed by atoms with Crippen molar-refractivity contribution in [3.63, 3.8) is 0 Å². The van der Waals surface area contributed by atoms with Gasteiger partial charge in [0.1, 0.15) is 17.3 Å². The molecule has 1 heterocycles. The van der Waals surface area contributed by atoms with Crippen LogP contribution in [0.1, 0.15) is 24.0 Å². The van der Waals surface area contributed by atoms with Crippen LogP contribution in [0.3, 0.4) is 0 Å². The molecule has 6 nitrogen and oxygen atoms in total. The van der Waals surface area contributed by atoms with Crippen LogP contribution < -0.4 is 9.80 Å². The summed E-state index contributed by atoms with van der Waals surface area (Å²) in [7, 11) is 0. The van der Waals surface area contributed by atoms with Crippen molar-refractivity contribution in [2.24, 2.45) is 4.99 Å². The first-order chi connectivity index (χ1) is 17.1. The molecule has 0 radical (unpaired) electrons. The van der Waals surface area contributed by atoms with Crippen molar-refractivity contribution < 1.29 is 9.18 Å². The van der Waals surface area contributed by atoms with E-state index in [-0.39, 0.29) is 17.4 Å². The molecular formula is C28H22FN5O. The van der Waals surface area contributed by atoms with Gasteiger partial charge in [0.25, 0.3) is 5.91 Å². The second-order valence-electron chi connectivity index (χ2n) is 7.84. The first-order valence-electron chi connectivity index (χ1n) is 11.2. The minimum absolute atomic E-state index is 0.270. The number of hydrogen-bond donors (Lipinski definition) is 0. The van der Waals surface area contributed by atoms with Gasteiger partial charge in [0.15, 0.2) is 0 Å². The maximum Gasteiger partial charge on any atom is 0.282 e. The smallest absolute Gasteiger partial charge is 0.282 e. The van der Waals surface area contributed by atoms with Crippen LogP contribution in [0.2, 0.25) is 0 Å². The van der Waals surface area contributed by atoms with Crippen LogP contribution in [-0.4, -0.2) is 24.8 Å². The quantitative estimate of drug-likeness (QED) is 0.425. The predicted molar refractivity (Wildman–Crippen MR) is 134 cm³/mol. The molecule has 1 amide bonds. The maximum absolute atomic E-state index is 13.5. The van der Waals surface area contributed by atoms with Crippen molar-refractivity contribution in [2.45, 2.75) is 12.8 Å². The van der Waals surface area contributed by atoms with Crippen LogP contribution in [0.5, 0.6) is 0 Å². The second kappa shape index (κ2) is 10.9. The van der Waals surface area contributed by atoms with Crippen molar-refractivity contribution in [3.05, 3.63) is 102 Å². The highest BCUT2D eigenvalue weighted by atomic mass is 19.1. The van der Waals surface area contributed by atoms with Crippen molar-refractivity contribution in [2.75, 3.05) is 22.9 Å². The summed E-state index contributed by atoms with van der Waals surface area (Å²) in [5.74, 6) is -0.207. The van der Waals surface area contributed by atoms with Gasteiger partial charge in [-0.15, -0.1) is 0 Å². The summed E-state index contributed by atoms with van der Waals surface area (Å²) in [4.78, 5) is 21.5. The highest BCUT2D eigenvalue weighted by Crippen LogP contribution is 2.28. The molecule has 0 saturated heterocycles. The number of carbonyl (C=O) groups excluding carboxylic acids is 1. The molecule has 1 aliphatic rings. The highest BCUT2D eigenvalue weighted by Gasteiger charge is 2.32. The Morgan fingerprint density at radius 3 is 2.11 bits per heavy atom. The zero-order valence-corrected chi connectivity index (χ0v) is 18.9. The number of carbonyl (C=O) groups is 1. The molecule has 0 spiro atoms. The number of amides is 1. The SMILES string of the molecule is N#CCCN(CCC#N)c1ccc(/C=C2\N=C(c3ccccc3)N(c3ccc(F)cc3)C2=O)cc1. The van der Waals surface area contributed by atoms with Crippen LogP contribution in [-0.2, 0) is 4.79 Å². The van der Waals surface area contributed by atoms with Crippen molar-refractivity contribution >= 4 is 29.2 Å². The lowest BCUT2D eigenvalue weighted by Crippen LogP contribution is -2.32. The molecule has 7 heteroatoms. The van der Waals surface area contributed by atoms with E-state index in [4.69, 9.17) is 10.5 Å². The minimum atomic E-state index is -0.381. The van der Waals surface area contributed by atoms with Gasteiger partial charge in [-0.3, -0.25) is 9.69 Å². The van der Waals surface area contributed by atoms with Crippen molar-refractivity contribution in [3.8, 4) is 12.1 Å². The highest BCUT2D eigenvalue weighted by molar-refractivity contribution is 6.33. The molecule has 4 rings (SSSR count). The Kier molecular flexibility index (Phi) is 7.30. The average Bonchev–Trinajstić information content (AvgIpc) is 3.21. The number of benzene rings is 3. The summed E-state index contributed by atoms with van der Waals surface area (Å²) in [6.45, 7) is 1.07. The number of rotatable bonds is 8. The fraction of sp³-hybridized carbons (Fsp3) is 0.143. The summed E-state index contributed by atoms with van der Waals surface area (Å²) in [5.41, 5.74) is 3.26. The zero-order chi connectivity index (χ0) is 24.6. The van der Waals surface area contributed by atoms with E-state index in [0.29, 0.717) is 37.5 Å². The fourth-order valence-electron chi connectivity index (χ4n) is 3.81. The van der Waals surface area contributed by atoms with Gasteiger partial charge >= 0.3 is 0 Å². The monoisotopic (exact) mass is 463 g/mol. The Hall–Kier alpha value is -4.75. The molecule has 0 saturated carbocycles. The van der Waals surface area contributed by atoms with Crippen LogP contribution in [0.25, 0.3) is 6.08 Å². The van der Waals surface area contributed by atoms with E-state index in [2.05, 4.69) is 17.1 Å². The van der Waals surface area contributed by atoms with Gasteiger partial charge in [-0.1, -0.05) is 42.5 Å². The van der Waals surface area contributed by atoms with E-state index in [1.807, 2.05) is 59.5 Å². The Balaban J connectivity index is 1.65. The lowest BCUT2D eigenvalue weighted by atomic mass is 10.1. The van der Waals surface area contributed by atoms with E-state index in [1.54, 1.807) is 18.2 Å². The van der Waals surface area contributed by atoms with Gasteiger partial charge in [0.05, 0.1) is 30.7 Å². The molecule has 172 valence electrons. The van der Waals surface area contributed by atoms with E-state index in [0.717, 1.165) is 16.8 Å². The molecule has 0 aliphatic carbocycles. The Labute approximate surface area is 203 Å². The third kappa shape index (κ3) is 5.43. The summed E-state index contributed by atoms with van der Waals surface area (Å²) in [6.07, 6.45) is 2.44. The molecule has 0 N–H and O–H groups in total. The van der Waals surface area contributed by atoms with E-state index in [1.165, 1.54) is 17.0 Å².